The van der Waals surface area contributed by atoms with E-state index >= 15 is 0 Å². The summed E-state index contributed by atoms with van der Waals surface area (Å²) in [4.78, 5) is 25.6. The summed E-state index contributed by atoms with van der Waals surface area (Å²) in [5, 5.41) is 0. The lowest BCUT2D eigenvalue weighted by molar-refractivity contribution is -0.135. The third-order valence-corrected chi connectivity index (χ3v) is 3.85. The molecular weight excluding hydrogens is 266 g/mol. The number of hydrogen-bond donors (Lipinski definition) is 0. The van der Waals surface area contributed by atoms with Gasteiger partial charge in [-0.25, -0.2) is 4.79 Å². The Labute approximate surface area is 126 Å². The zero-order chi connectivity index (χ0) is 15.2. The number of carbonyl (C=O) groups is 2. The summed E-state index contributed by atoms with van der Waals surface area (Å²) in [6, 6.07) is 7.35. The molecule has 114 valence electrons. The molecule has 1 aromatic rings. The van der Waals surface area contributed by atoms with E-state index in [1.807, 2.05) is 12.1 Å². The largest absolute Gasteiger partial charge is 0.452 e. The number of benzene rings is 1. The van der Waals surface area contributed by atoms with Crippen molar-refractivity contribution in [3.63, 3.8) is 0 Å². The van der Waals surface area contributed by atoms with Crippen LogP contribution in [0.1, 0.15) is 54.9 Å². The van der Waals surface area contributed by atoms with Crippen LogP contribution in [0, 0.1) is 0 Å². The molecule has 0 saturated carbocycles. The van der Waals surface area contributed by atoms with Crippen LogP contribution in [0.3, 0.4) is 0 Å². The lowest BCUT2D eigenvalue weighted by Crippen LogP contribution is -2.38. The number of ether oxygens (including phenoxy) is 1. The molecule has 0 atom stereocenters. The minimum atomic E-state index is -0.435. The van der Waals surface area contributed by atoms with E-state index in [4.69, 9.17) is 4.74 Å². The van der Waals surface area contributed by atoms with Gasteiger partial charge < -0.3 is 9.64 Å². The molecule has 1 aliphatic heterocycles. The summed E-state index contributed by atoms with van der Waals surface area (Å²) in [6.07, 6.45) is 3.25. The molecule has 0 aromatic heterocycles. The molecule has 0 aliphatic carbocycles. The summed E-state index contributed by atoms with van der Waals surface area (Å²) < 4.78 is 5.11. The number of likely N-dealkylation sites (tertiary alicyclic amines) is 1. The Morgan fingerprint density at radius 2 is 1.71 bits per heavy atom. The van der Waals surface area contributed by atoms with Crippen LogP contribution in [0.2, 0.25) is 0 Å². The monoisotopic (exact) mass is 289 g/mol. The Hall–Kier alpha value is -1.84. The van der Waals surface area contributed by atoms with E-state index in [9.17, 15) is 9.59 Å². The van der Waals surface area contributed by atoms with Crippen molar-refractivity contribution in [3.05, 3.63) is 35.4 Å². The predicted molar refractivity (Wildman–Crippen MR) is 81.2 cm³/mol. The van der Waals surface area contributed by atoms with E-state index < -0.39 is 5.97 Å². The molecule has 4 nitrogen and oxygen atoms in total. The van der Waals surface area contributed by atoms with Gasteiger partial charge in [-0.1, -0.05) is 26.0 Å². The van der Waals surface area contributed by atoms with E-state index in [0.717, 1.165) is 25.9 Å². The maximum atomic E-state index is 11.9. The number of amides is 1. The molecule has 4 heteroatoms. The van der Waals surface area contributed by atoms with Crippen LogP contribution in [0.5, 0.6) is 0 Å². The number of carbonyl (C=O) groups excluding carboxylic acids is 2. The summed E-state index contributed by atoms with van der Waals surface area (Å²) in [6.45, 7) is 5.60. The maximum Gasteiger partial charge on any atom is 0.338 e. The molecule has 0 radical (unpaired) electrons. The molecule has 1 amide bonds. The van der Waals surface area contributed by atoms with E-state index in [-0.39, 0.29) is 12.5 Å². The molecular formula is C17H23NO3. The second kappa shape index (κ2) is 7.25. The zero-order valence-corrected chi connectivity index (χ0v) is 12.8. The minimum Gasteiger partial charge on any atom is -0.452 e. The van der Waals surface area contributed by atoms with Crippen LogP contribution in [0.4, 0.5) is 0 Å². The van der Waals surface area contributed by atoms with E-state index in [2.05, 4.69) is 13.8 Å². The van der Waals surface area contributed by atoms with E-state index in [1.54, 1.807) is 17.0 Å². The van der Waals surface area contributed by atoms with Crippen molar-refractivity contribution in [2.24, 2.45) is 0 Å². The Bertz CT molecular complexity index is 487. The molecule has 1 aromatic carbocycles. The zero-order valence-electron chi connectivity index (χ0n) is 12.8. The average molecular weight is 289 g/mol. The van der Waals surface area contributed by atoms with Gasteiger partial charge >= 0.3 is 5.97 Å². The number of esters is 1. The second-order valence-electron chi connectivity index (χ2n) is 5.79. The molecule has 0 unspecified atom stereocenters. The average Bonchev–Trinajstić information content (AvgIpc) is 2.53. The predicted octanol–water partition coefficient (Wildman–Crippen LogP) is 2.98. The minimum absolute atomic E-state index is 0.0955. The number of piperidine rings is 1. The Morgan fingerprint density at radius 1 is 1.10 bits per heavy atom. The Kier molecular flexibility index (Phi) is 5.37. The summed E-state index contributed by atoms with van der Waals surface area (Å²) in [5.74, 6) is -0.103. The van der Waals surface area contributed by atoms with Crippen molar-refractivity contribution in [2.45, 2.75) is 39.0 Å². The number of nitrogens with zero attached hydrogens (tertiary/aromatic N) is 1. The summed E-state index contributed by atoms with van der Waals surface area (Å²) >= 11 is 0. The van der Waals surface area contributed by atoms with Crippen molar-refractivity contribution in [3.8, 4) is 0 Å². The van der Waals surface area contributed by atoms with Gasteiger partial charge in [-0.2, -0.15) is 0 Å². The fourth-order valence-electron chi connectivity index (χ4n) is 2.45. The van der Waals surface area contributed by atoms with Gasteiger partial charge in [-0.15, -0.1) is 0 Å². The highest BCUT2D eigenvalue weighted by molar-refractivity contribution is 5.91. The fourth-order valence-corrected chi connectivity index (χ4v) is 2.45. The van der Waals surface area contributed by atoms with Gasteiger partial charge in [-0.05, 0) is 42.9 Å². The van der Waals surface area contributed by atoms with Crippen LogP contribution >= 0.6 is 0 Å². The Morgan fingerprint density at radius 3 is 2.29 bits per heavy atom. The lowest BCUT2D eigenvalue weighted by atomic mass is 10.0. The van der Waals surface area contributed by atoms with Crippen LogP contribution in [0.25, 0.3) is 0 Å². The summed E-state index contributed by atoms with van der Waals surface area (Å²) in [5.41, 5.74) is 1.67. The van der Waals surface area contributed by atoms with Crippen molar-refractivity contribution in [1.82, 2.24) is 4.90 Å². The lowest BCUT2D eigenvalue weighted by Gasteiger charge is -2.26. The SMILES string of the molecule is CC(C)c1ccc(C(=O)OCC(=O)N2CCCCC2)cc1. The molecule has 0 bridgehead atoms. The molecule has 0 N–H and O–H groups in total. The normalized spacial score (nSPS) is 15.1. The van der Waals surface area contributed by atoms with Crippen molar-refractivity contribution in [1.29, 1.82) is 0 Å². The quantitative estimate of drug-likeness (QED) is 0.801. The highest BCUT2D eigenvalue weighted by Gasteiger charge is 2.18. The van der Waals surface area contributed by atoms with Crippen LogP contribution in [0.15, 0.2) is 24.3 Å². The van der Waals surface area contributed by atoms with E-state index in [1.165, 1.54) is 12.0 Å². The molecule has 1 fully saturated rings. The third kappa shape index (κ3) is 4.31. The van der Waals surface area contributed by atoms with Crippen LogP contribution < -0.4 is 0 Å². The second-order valence-corrected chi connectivity index (χ2v) is 5.79. The molecule has 1 heterocycles. The van der Waals surface area contributed by atoms with Gasteiger partial charge in [0.1, 0.15) is 0 Å². The van der Waals surface area contributed by atoms with Gasteiger partial charge in [0.25, 0.3) is 5.91 Å². The van der Waals surface area contributed by atoms with Gasteiger partial charge in [-0.3, -0.25) is 4.79 Å². The Balaban J connectivity index is 1.84. The number of hydrogen-bond acceptors (Lipinski definition) is 3. The first-order valence-corrected chi connectivity index (χ1v) is 7.63. The molecule has 21 heavy (non-hydrogen) atoms. The topological polar surface area (TPSA) is 46.6 Å². The third-order valence-electron chi connectivity index (χ3n) is 3.85. The van der Waals surface area contributed by atoms with Gasteiger partial charge in [0.05, 0.1) is 5.56 Å². The van der Waals surface area contributed by atoms with Gasteiger partial charge in [0.15, 0.2) is 6.61 Å². The highest BCUT2D eigenvalue weighted by Crippen LogP contribution is 2.15. The first kappa shape index (κ1) is 15.5. The molecule has 1 aliphatic rings. The molecule has 2 rings (SSSR count). The molecule has 0 spiro atoms. The van der Waals surface area contributed by atoms with Crippen molar-refractivity contribution < 1.29 is 14.3 Å². The van der Waals surface area contributed by atoms with Crippen LogP contribution in [-0.4, -0.2) is 36.5 Å². The number of rotatable bonds is 4. The fraction of sp³-hybridized carbons (Fsp3) is 0.529. The van der Waals surface area contributed by atoms with Gasteiger partial charge in [0.2, 0.25) is 0 Å². The van der Waals surface area contributed by atoms with Crippen molar-refractivity contribution >= 4 is 11.9 Å². The van der Waals surface area contributed by atoms with Crippen molar-refractivity contribution in [2.75, 3.05) is 19.7 Å². The standard InChI is InChI=1S/C17H23NO3/c1-13(2)14-6-8-15(9-7-14)17(20)21-12-16(19)18-10-4-3-5-11-18/h6-9,13H,3-5,10-12H2,1-2H3. The molecule has 1 saturated heterocycles. The first-order chi connectivity index (χ1) is 10.1. The van der Waals surface area contributed by atoms with E-state index in [0.29, 0.717) is 11.5 Å². The first-order valence-electron chi connectivity index (χ1n) is 7.63. The highest BCUT2D eigenvalue weighted by atomic mass is 16.5. The maximum absolute atomic E-state index is 11.9. The van der Waals surface area contributed by atoms with Gasteiger partial charge in [0, 0.05) is 13.1 Å². The smallest absolute Gasteiger partial charge is 0.338 e. The summed E-state index contributed by atoms with van der Waals surface area (Å²) in [7, 11) is 0. The van der Waals surface area contributed by atoms with Crippen LogP contribution in [-0.2, 0) is 9.53 Å².